The summed E-state index contributed by atoms with van der Waals surface area (Å²) in [6, 6.07) is 17.2. The predicted molar refractivity (Wildman–Crippen MR) is 135 cm³/mol. The summed E-state index contributed by atoms with van der Waals surface area (Å²) in [6.45, 7) is 3.56. The van der Waals surface area contributed by atoms with Crippen LogP contribution in [0.4, 0.5) is 0 Å². The van der Waals surface area contributed by atoms with Crippen LogP contribution in [0.15, 0.2) is 67.0 Å². The molecule has 0 radical (unpaired) electrons. The third-order valence-electron chi connectivity index (χ3n) is 5.28. The molecular weight excluding hydrogens is 416 g/mol. The van der Waals surface area contributed by atoms with E-state index >= 15 is 0 Å². The first kappa shape index (κ1) is 23.5. The molecule has 0 spiro atoms. The Kier molecular flexibility index (Phi) is 8.40. The number of thioether (sulfide) groups is 1. The van der Waals surface area contributed by atoms with Crippen LogP contribution in [0.5, 0.6) is 0 Å². The van der Waals surface area contributed by atoms with Crippen molar-refractivity contribution in [2.45, 2.75) is 26.3 Å². The maximum Gasteiger partial charge on any atom is 0.252 e. The topological polar surface area (TPSA) is 59.1 Å². The van der Waals surface area contributed by atoms with Crippen molar-refractivity contribution < 1.29 is 9.59 Å². The highest BCUT2D eigenvalue weighted by molar-refractivity contribution is 7.98. The number of hydrogen-bond acceptors (Lipinski definition) is 4. The number of nitrogens with zero attached hydrogens (tertiary/aromatic N) is 1. The van der Waals surface area contributed by atoms with Gasteiger partial charge in [-0.05, 0) is 78.3 Å². The first-order valence-electron chi connectivity index (χ1n) is 10.6. The molecule has 32 heavy (non-hydrogen) atoms. The van der Waals surface area contributed by atoms with Crippen molar-refractivity contribution in [2.24, 2.45) is 0 Å². The van der Waals surface area contributed by atoms with Gasteiger partial charge in [-0.2, -0.15) is 11.8 Å². The third kappa shape index (κ3) is 6.17. The average molecular weight is 445 g/mol. The zero-order chi connectivity index (χ0) is 22.9. The molecule has 0 aliphatic rings. The van der Waals surface area contributed by atoms with Gasteiger partial charge in [0.25, 0.3) is 5.91 Å². The summed E-state index contributed by atoms with van der Waals surface area (Å²) >= 11 is 1.66. The summed E-state index contributed by atoms with van der Waals surface area (Å²) in [5.41, 5.74) is 5.48. The van der Waals surface area contributed by atoms with Crippen molar-refractivity contribution in [1.29, 1.82) is 0 Å². The molecule has 0 fully saturated rings. The van der Waals surface area contributed by atoms with E-state index < -0.39 is 6.04 Å². The molecule has 1 amide bonds. The third-order valence-corrected chi connectivity index (χ3v) is 5.93. The molecule has 3 rings (SSSR count). The Hall–Kier alpha value is -3.18. The summed E-state index contributed by atoms with van der Waals surface area (Å²) in [6.07, 6.45) is 10.2. The van der Waals surface area contributed by atoms with Gasteiger partial charge in [-0.15, -0.1) is 0 Å². The van der Waals surface area contributed by atoms with Crippen LogP contribution >= 0.6 is 11.8 Å². The Labute approximate surface area is 194 Å². The van der Waals surface area contributed by atoms with E-state index in [2.05, 4.69) is 10.3 Å². The van der Waals surface area contributed by atoms with E-state index in [0.29, 0.717) is 12.0 Å². The lowest BCUT2D eigenvalue weighted by Crippen LogP contribution is -2.40. The van der Waals surface area contributed by atoms with Crippen molar-refractivity contribution in [2.75, 3.05) is 12.0 Å². The second-order valence-electron chi connectivity index (χ2n) is 7.66. The molecule has 0 aliphatic carbocycles. The Morgan fingerprint density at radius 3 is 2.50 bits per heavy atom. The van der Waals surface area contributed by atoms with Crippen LogP contribution in [0.3, 0.4) is 0 Å². The number of Topliss-reactive ketones (excluding diaryl/α,β-unsaturated/α-hetero) is 1. The fraction of sp³-hybridized carbons (Fsp3) is 0.222. The van der Waals surface area contributed by atoms with Gasteiger partial charge < -0.3 is 5.32 Å². The molecule has 0 saturated heterocycles. The monoisotopic (exact) mass is 444 g/mol. The molecule has 0 unspecified atom stereocenters. The SMILES string of the molecule is CSCC[C@H](NC(=O)c1ccc(/C=C/c2cccnc2)cc1-c1ccccc1C)C(C)=O. The molecule has 4 nitrogen and oxygen atoms in total. The lowest BCUT2D eigenvalue weighted by atomic mass is 9.93. The normalized spacial score (nSPS) is 12.0. The van der Waals surface area contributed by atoms with Crippen LogP contribution < -0.4 is 5.32 Å². The number of benzene rings is 2. The fourth-order valence-corrected chi connectivity index (χ4v) is 3.95. The average Bonchev–Trinajstić information content (AvgIpc) is 2.81. The lowest BCUT2D eigenvalue weighted by molar-refractivity contribution is -0.118. The molecule has 1 aromatic heterocycles. The van der Waals surface area contributed by atoms with Crippen molar-refractivity contribution >= 4 is 35.6 Å². The van der Waals surface area contributed by atoms with Crippen LogP contribution in [0.25, 0.3) is 23.3 Å². The van der Waals surface area contributed by atoms with E-state index in [9.17, 15) is 9.59 Å². The number of pyridine rings is 1. The van der Waals surface area contributed by atoms with Crippen molar-refractivity contribution in [3.63, 3.8) is 0 Å². The maximum atomic E-state index is 13.2. The van der Waals surface area contributed by atoms with Crippen LogP contribution in [0.1, 0.15) is 40.4 Å². The van der Waals surface area contributed by atoms with Gasteiger partial charge in [-0.1, -0.05) is 48.6 Å². The number of hydrogen-bond donors (Lipinski definition) is 1. The minimum Gasteiger partial charge on any atom is -0.342 e. The van der Waals surface area contributed by atoms with Crippen molar-refractivity contribution in [1.82, 2.24) is 10.3 Å². The van der Waals surface area contributed by atoms with Gasteiger partial charge in [0.2, 0.25) is 0 Å². The van der Waals surface area contributed by atoms with Crippen LogP contribution in [-0.4, -0.2) is 34.7 Å². The molecule has 5 heteroatoms. The smallest absolute Gasteiger partial charge is 0.252 e. The van der Waals surface area contributed by atoms with E-state index in [-0.39, 0.29) is 11.7 Å². The van der Waals surface area contributed by atoms with E-state index in [0.717, 1.165) is 33.6 Å². The number of rotatable bonds is 9. The predicted octanol–water partition coefficient (Wildman–Crippen LogP) is 5.67. The van der Waals surface area contributed by atoms with Gasteiger partial charge in [-0.3, -0.25) is 14.6 Å². The molecule has 3 aromatic rings. The van der Waals surface area contributed by atoms with Crippen molar-refractivity contribution in [3.05, 3.63) is 89.2 Å². The molecule has 1 N–H and O–H groups in total. The first-order valence-corrected chi connectivity index (χ1v) is 12.0. The van der Waals surface area contributed by atoms with Crippen molar-refractivity contribution in [3.8, 4) is 11.1 Å². The Morgan fingerprint density at radius 2 is 1.81 bits per heavy atom. The van der Waals surface area contributed by atoms with Gasteiger partial charge in [0.05, 0.1) is 6.04 Å². The molecule has 2 aromatic carbocycles. The first-order chi connectivity index (χ1) is 15.5. The summed E-state index contributed by atoms with van der Waals surface area (Å²) < 4.78 is 0. The summed E-state index contributed by atoms with van der Waals surface area (Å²) in [4.78, 5) is 29.4. The standard InChI is InChI=1S/C27H28N2O2S/c1-19-7-4-5-9-23(19)25-17-21(10-11-22-8-6-15-28-18-22)12-13-24(25)27(31)29-26(20(2)30)14-16-32-3/h4-13,15,17-18,26H,14,16H2,1-3H3,(H,29,31)/b11-10+/t26-/m0/s1. The number of nitrogens with one attached hydrogen (secondary N) is 1. The lowest BCUT2D eigenvalue weighted by Gasteiger charge is -2.18. The minimum atomic E-state index is -0.482. The highest BCUT2D eigenvalue weighted by Gasteiger charge is 2.20. The van der Waals surface area contributed by atoms with E-state index in [1.807, 2.05) is 79.9 Å². The Morgan fingerprint density at radius 1 is 1.03 bits per heavy atom. The molecule has 1 atom stereocenters. The van der Waals surface area contributed by atoms with Gasteiger partial charge in [-0.25, -0.2) is 0 Å². The largest absolute Gasteiger partial charge is 0.342 e. The second kappa shape index (κ2) is 11.4. The number of aryl methyl sites for hydroxylation is 1. The van der Waals surface area contributed by atoms with Gasteiger partial charge in [0.15, 0.2) is 5.78 Å². The van der Waals surface area contributed by atoms with Crippen LogP contribution in [-0.2, 0) is 4.79 Å². The number of amides is 1. The molecular formula is C27H28N2O2S. The van der Waals surface area contributed by atoms with E-state index in [1.165, 1.54) is 6.92 Å². The number of carbonyl (C=O) groups is 2. The summed E-state index contributed by atoms with van der Waals surface area (Å²) in [7, 11) is 0. The summed E-state index contributed by atoms with van der Waals surface area (Å²) in [5.74, 6) is 0.556. The fourth-order valence-electron chi connectivity index (χ4n) is 3.48. The van der Waals surface area contributed by atoms with Gasteiger partial charge in [0.1, 0.15) is 0 Å². The molecule has 1 heterocycles. The highest BCUT2D eigenvalue weighted by Crippen LogP contribution is 2.29. The molecule has 164 valence electrons. The second-order valence-corrected chi connectivity index (χ2v) is 8.64. The van der Waals surface area contributed by atoms with Crippen LogP contribution in [0, 0.1) is 6.92 Å². The summed E-state index contributed by atoms with van der Waals surface area (Å²) in [5, 5.41) is 2.95. The minimum absolute atomic E-state index is 0.0270. The zero-order valence-electron chi connectivity index (χ0n) is 18.7. The Bertz CT molecular complexity index is 1110. The zero-order valence-corrected chi connectivity index (χ0v) is 19.5. The van der Waals surface area contributed by atoms with Gasteiger partial charge in [0, 0.05) is 18.0 Å². The Balaban J connectivity index is 1.98. The number of carbonyl (C=O) groups excluding carboxylic acids is 2. The highest BCUT2D eigenvalue weighted by atomic mass is 32.2. The maximum absolute atomic E-state index is 13.2. The molecule has 0 bridgehead atoms. The van der Waals surface area contributed by atoms with Gasteiger partial charge >= 0.3 is 0 Å². The molecule has 0 saturated carbocycles. The number of ketones is 1. The number of aromatic nitrogens is 1. The molecule has 0 aliphatic heterocycles. The van der Waals surface area contributed by atoms with E-state index in [1.54, 1.807) is 24.2 Å². The van der Waals surface area contributed by atoms with E-state index in [4.69, 9.17) is 0 Å². The quantitative estimate of drug-likeness (QED) is 0.462. The van der Waals surface area contributed by atoms with Crippen LogP contribution in [0.2, 0.25) is 0 Å².